The number of esters is 1. The lowest BCUT2D eigenvalue weighted by atomic mass is 10.2. The highest BCUT2D eigenvalue weighted by molar-refractivity contribution is 5.82. The van der Waals surface area contributed by atoms with Crippen LogP contribution < -0.4 is 5.32 Å². The number of rotatable bonds is 4. The third-order valence-corrected chi connectivity index (χ3v) is 2.58. The van der Waals surface area contributed by atoms with Crippen LogP contribution in [-0.2, 0) is 19.0 Å². The van der Waals surface area contributed by atoms with Gasteiger partial charge in [-0.25, -0.2) is 9.59 Å². The summed E-state index contributed by atoms with van der Waals surface area (Å²) in [6, 6.07) is -1.16. The number of hydrogen-bond donors (Lipinski definition) is 2. The van der Waals surface area contributed by atoms with E-state index in [2.05, 4.69) is 5.32 Å². The van der Waals surface area contributed by atoms with Crippen molar-refractivity contribution < 1.29 is 28.9 Å². The fourth-order valence-electron chi connectivity index (χ4n) is 1.65. The molecule has 1 saturated heterocycles. The van der Waals surface area contributed by atoms with Crippen molar-refractivity contribution in [1.82, 2.24) is 5.32 Å². The van der Waals surface area contributed by atoms with Gasteiger partial charge in [0.2, 0.25) is 0 Å². The molecule has 2 N–H and O–H groups in total. The molecule has 0 radical (unpaired) electrons. The van der Waals surface area contributed by atoms with E-state index < -0.39 is 29.8 Å². The molecule has 0 spiro atoms. The highest BCUT2D eigenvalue weighted by atomic mass is 16.6. The normalized spacial score (nSPS) is 21.9. The lowest BCUT2D eigenvalue weighted by Gasteiger charge is -2.24. The Morgan fingerprint density at radius 3 is 2.50 bits per heavy atom. The smallest absolute Gasteiger partial charge is 0.408 e. The fraction of sp³-hybridized carbons (Fsp3) is 0.846. The van der Waals surface area contributed by atoms with Gasteiger partial charge in [-0.15, -0.1) is 0 Å². The number of aliphatic hydroxyl groups excluding tert-OH is 1. The van der Waals surface area contributed by atoms with Gasteiger partial charge in [0.05, 0.1) is 19.3 Å². The van der Waals surface area contributed by atoms with Gasteiger partial charge in [0.15, 0.2) is 6.04 Å². The molecule has 0 bridgehead atoms. The third kappa shape index (κ3) is 5.75. The first-order valence-corrected chi connectivity index (χ1v) is 6.65. The van der Waals surface area contributed by atoms with Crippen LogP contribution in [0.4, 0.5) is 4.79 Å². The first-order chi connectivity index (χ1) is 9.19. The molecule has 0 aliphatic carbocycles. The van der Waals surface area contributed by atoms with Gasteiger partial charge in [0, 0.05) is 6.42 Å². The number of hydrogen-bond acceptors (Lipinski definition) is 6. The van der Waals surface area contributed by atoms with E-state index in [1.54, 1.807) is 20.8 Å². The van der Waals surface area contributed by atoms with Crippen LogP contribution in [0.2, 0.25) is 0 Å². The van der Waals surface area contributed by atoms with Crippen molar-refractivity contribution in [2.45, 2.75) is 58.0 Å². The van der Waals surface area contributed by atoms with Crippen molar-refractivity contribution in [3.63, 3.8) is 0 Å². The average molecular weight is 289 g/mol. The maximum atomic E-state index is 11.9. The Kier molecular flexibility index (Phi) is 5.76. The monoisotopic (exact) mass is 289 g/mol. The SMILES string of the molecule is C[C@@H](O)[C@H](NC(=O)OC(C)(C)C)C(=O)OC1CCOC1. The zero-order chi connectivity index (χ0) is 15.3. The molecule has 7 nitrogen and oxygen atoms in total. The summed E-state index contributed by atoms with van der Waals surface area (Å²) in [5, 5.41) is 11.9. The van der Waals surface area contributed by atoms with E-state index in [0.717, 1.165) is 0 Å². The van der Waals surface area contributed by atoms with Crippen LogP contribution in [0, 0.1) is 0 Å². The predicted octanol–water partition coefficient (Wildman–Crippen LogP) is 0.593. The Bertz CT molecular complexity index is 343. The molecule has 1 unspecified atom stereocenters. The minimum absolute atomic E-state index is 0.329. The predicted molar refractivity (Wildman–Crippen MR) is 70.2 cm³/mol. The van der Waals surface area contributed by atoms with Gasteiger partial charge in [0.1, 0.15) is 11.7 Å². The molecule has 116 valence electrons. The zero-order valence-corrected chi connectivity index (χ0v) is 12.3. The minimum Gasteiger partial charge on any atom is -0.458 e. The standard InChI is InChI=1S/C13H23NO6/c1-8(15)10(14-12(17)20-13(2,3)4)11(16)19-9-5-6-18-7-9/h8-10,15H,5-7H2,1-4H3,(H,14,17)/t8-,9?,10+/m1/s1. The van der Waals surface area contributed by atoms with Crippen molar-refractivity contribution in [2.24, 2.45) is 0 Å². The molecule has 1 fully saturated rings. The summed E-state index contributed by atoms with van der Waals surface area (Å²) in [5.41, 5.74) is -0.684. The first-order valence-electron chi connectivity index (χ1n) is 6.65. The molecule has 7 heteroatoms. The molecule has 0 saturated carbocycles. The summed E-state index contributed by atoms with van der Waals surface area (Å²) in [6.07, 6.45) is -1.57. The molecular formula is C13H23NO6. The Hall–Kier alpha value is -1.34. The highest BCUT2D eigenvalue weighted by Crippen LogP contribution is 2.11. The second-order valence-electron chi connectivity index (χ2n) is 5.79. The van der Waals surface area contributed by atoms with Crippen molar-refractivity contribution >= 4 is 12.1 Å². The number of ether oxygens (including phenoxy) is 3. The molecule has 1 amide bonds. The molecule has 3 atom stereocenters. The largest absolute Gasteiger partial charge is 0.458 e. The lowest BCUT2D eigenvalue weighted by molar-refractivity contribution is -0.154. The van der Waals surface area contributed by atoms with Crippen LogP contribution in [0.15, 0.2) is 0 Å². The number of amides is 1. The number of carbonyl (C=O) groups is 2. The Morgan fingerprint density at radius 1 is 1.40 bits per heavy atom. The van der Waals surface area contributed by atoms with Gasteiger partial charge >= 0.3 is 12.1 Å². The summed E-state index contributed by atoms with van der Waals surface area (Å²) in [5.74, 6) is -0.693. The van der Waals surface area contributed by atoms with Gasteiger partial charge in [0.25, 0.3) is 0 Å². The molecule has 1 aliphatic rings. The van der Waals surface area contributed by atoms with E-state index in [1.165, 1.54) is 6.92 Å². The van der Waals surface area contributed by atoms with Crippen LogP contribution in [0.5, 0.6) is 0 Å². The lowest BCUT2D eigenvalue weighted by Crippen LogP contribution is -2.50. The van der Waals surface area contributed by atoms with E-state index in [1.807, 2.05) is 0 Å². The molecular weight excluding hydrogens is 266 g/mol. The van der Waals surface area contributed by atoms with Crippen LogP contribution in [0.25, 0.3) is 0 Å². The van der Waals surface area contributed by atoms with Crippen LogP contribution in [-0.4, -0.2) is 54.2 Å². The quantitative estimate of drug-likeness (QED) is 0.736. The fourth-order valence-corrected chi connectivity index (χ4v) is 1.65. The van der Waals surface area contributed by atoms with Gasteiger partial charge in [-0.05, 0) is 27.7 Å². The summed E-state index contributed by atoms with van der Waals surface area (Å²) in [6.45, 7) is 7.39. The third-order valence-electron chi connectivity index (χ3n) is 2.58. The average Bonchev–Trinajstić information content (AvgIpc) is 2.75. The maximum absolute atomic E-state index is 11.9. The van der Waals surface area contributed by atoms with Gasteiger partial charge in [-0.2, -0.15) is 0 Å². The van der Waals surface area contributed by atoms with Crippen LogP contribution in [0.1, 0.15) is 34.1 Å². The van der Waals surface area contributed by atoms with E-state index in [-0.39, 0.29) is 6.10 Å². The van der Waals surface area contributed by atoms with Crippen LogP contribution >= 0.6 is 0 Å². The molecule has 0 aromatic carbocycles. The molecule has 20 heavy (non-hydrogen) atoms. The van der Waals surface area contributed by atoms with Crippen LogP contribution in [0.3, 0.4) is 0 Å². The van der Waals surface area contributed by atoms with Crippen molar-refractivity contribution in [3.8, 4) is 0 Å². The highest BCUT2D eigenvalue weighted by Gasteiger charge is 2.32. The second-order valence-corrected chi connectivity index (χ2v) is 5.79. The Morgan fingerprint density at radius 2 is 2.05 bits per heavy atom. The summed E-state index contributed by atoms with van der Waals surface area (Å²) < 4.78 is 15.3. The topological polar surface area (TPSA) is 94.1 Å². The van der Waals surface area contributed by atoms with Gasteiger partial charge in [-0.1, -0.05) is 0 Å². The van der Waals surface area contributed by atoms with Crippen molar-refractivity contribution in [3.05, 3.63) is 0 Å². The van der Waals surface area contributed by atoms with E-state index in [0.29, 0.717) is 19.6 Å². The van der Waals surface area contributed by atoms with E-state index >= 15 is 0 Å². The number of nitrogens with one attached hydrogen (secondary N) is 1. The maximum Gasteiger partial charge on any atom is 0.408 e. The molecule has 1 aliphatic heterocycles. The Balaban J connectivity index is 2.54. The van der Waals surface area contributed by atoms with E-state index in [4.69, 9.17) is 14.2 Å². The van der Waals surface area contributed by atoms with Gasteiger partial charge < -0.3 is 24.6 Å². The summed E-state index contributed by atoms with van der Waals surface area (Å²) in [4.78, 5) is 23.6. The van der Waals surface area contributed by atoms with Crippen molar-refractivity contribution in [2.75, 3.05) is 13.2 Å². The van der Waals surface area contributed by atoms with Crippen molar-refractivity contribution in [1.29, 1.82) is 0 Å². The number of aliphatic hydroxyl groups is 1. The molecule has 1 rings (SSSR count). The molecule has 1 heterocycles. The minimum atomic E-state index is -1.16. The molecule has 0 aromatic rings. The number of carbonyl (C=O) groups excluding carboxylic acids is 2. The van der Waals surface area contributed by atoms with Gasteiger partial charge in [-0.3, -0.25) is 0 Å². The summed E-state index contributed by atoms with van der Waals surface area (Å²) in [7, 11) is 0. The van der Waals surface area contributed by atoms with E-state index in [9.17, 15) is 14.7 Å². The first kappa shape index (κ1) is 16.7. The Labute approximate surface area is 118 Å². The summed E-state index contributed by atoms with van der Waals surface area (Å²) >= 11 is 0. The second kappa shape index (κ2) is 6.90. The zero-order valence-electron chi connectivity index (χ0n) is 12.3. The molecule has 0 aromatic heterocycles. The number of alkyl carbamates (subject to hydrolysis) is 1.